The van der Waals surface area contributed by atoms with Crippen LogP contribution in [0.4, 0.5) is 17.1 Å². The van der Waals surface area contributed by atoms with Crippen molar-refractivity contribution in [3.8, 4) is 33.4 Å². The molecule has 9 aromatic carbocycles. The number of hydrogen-bond acceptors (Lipinski definition) is 3. The van der Waals surface area contributed by atoms with Crippen LogP contribution in [0.15, 0.2) is 205 Å². The van der Waals surface area contributed by atoms with Gasteiger partial charge in [0.2, 0.25) is 0 Å². The third-order valence-electron chi connectivity index (χ3n) is 10.9. The van der Waals surface area contributed by atoms with Gasteiger partial charge in [-0.2, -0.15) is 0 Å². The summed E-state index contributed by atoms with van der Waals surface area (Å²) >= 11 is 1.88. The number of rotatable bonds is 6. The number of anilines is 3. The van der Waals surface area contributed by atoms with Gasteiger partial charge in [-0.25, -0.2) is 0 Å². The third kappa shape index (κ3) is 5.32. The molecule has 55 heavy (non-hydrogen) atoms. The minimum atomic E-state index is 0.908. The molecule has 0 N–H and O–H groups in total. The number of para-hydroxylation sites is 2. The summed E-state index contributed by atoms with van der Waals surface area (Å²) in [7, 11) is 0. The minimum Gasteiger partial charge on any atom is -0.455 e. The van der Waals surface area contributed by atoms with Gasteiger partial charge >= 0.3 is 0 Å². The van der Waals surface area contributed by atoms with Crippen molar-refractivity contribution in [1.82, 2.24) is 0 Å². The van der Waals surface area contributed by atoms with E-state index in [1.807, 2.05) is 23.5 Å². The van der Waals surface area contributed by atoms with E-state index in [9.17, 15) is 0 Å². The molecular weight excluding hydrogens is 687 g/mol. The molecular formula is C52H33NOS. The van der Waals surface area contributed by atoms with Crippen molar-refractivity contribution in [2.24, 2.45) is 0 Å². The van der Waals surface area contributed by atoms with E-state index in [0.29, 0.717) is 0 Å². The van der Waals surface area contributed by atoms with Gasteiger partial charge in [0.1, 0.15) is 11.2 Å². The monoisotopic (exact) mass is 719 g/mol. The Bertz CT molecular complexity index is 3190. The standard InChI is InChI=1S/C52H33NOS/c1-3-13-34(14-4-1)37-17-11-18-40(31-37)53(39-28-25-36(26-29-39)41-22-12-23-44-43-20-9-10-24-49(43)54-51(41)44)48-33-47-46-32-38(35-15-5-2-6-16-35)27-30-50(46)55-52(47)45-21-8-7-19-42(45)48/h1-33H. The lowest BCUT2D eigenvalue weighted by atomic mass is 9.99. The van der Waals surface area contributed by atoms with Crippen LogP contribution in [0.5, 0.6) is 0 Å². The van der Waals surface area contributed by atoms with Crippen LogP contribution in [-0.4, -0.2) is 0 Å². The smallest absolute Gasteiger partial charge is 0.143 e. The highest BCUT2D eigenvalue weighted by molar-refractivity contribution is 7.26. The number of benzene rings is 9. The second kappa shape index (κ2) is 12.9. The maximum Gasteiger partial charge on any atom is 0.143 e. The molecule has 0 aliphatic carbocycles. The van der Waals surface area contributed by atoms with Crippen molar-refractivity contribution in [3.63, 3.8) is 0 Å². The summed E-state index contributed by atoms with van der Waals surface area (Å²) in [5, 5.41) is 7.29. The summed E-state index contributed by atoms with van der Waals surface area (Å²) in [5.41, 5.74) is 12.2. The summed E-state index contributed by atoms with van der Waals surface area (Å²) in [6.07, 6.45) is 0. The van der Waals surface area contributed by atoms with Crippen LogP contribution in [-0.2, 0) is 0 Å². The van der Waals surface area contributed by atoms with Crippen LogP contribution in [0.3, 0.4) is 0 Å². The summed E-state index contributed by atoms with van der Waals surface area (Å²) in [4.78, 5) is 2.43. The predicted molar refractivity (Wildman–Crippen MR) is 235 cm³/mol. The van der Waals surface area contributed by atoms with Gasteiger partial charge in [-0.05, 0) is 76.3 Å². The predicted octanol–water partition coefficient (Wildman–Crippen LogP) is 15.6. The largest absolute Gasteiger partial charge is 0.455 e. The van der Waals surface area contributed by atoms with Crippen molar-refractivity contribution in [2.75, 3.05) is 4.90 Å². The van der Waals surface area contributed by atoms with Gasteiger partial charge in [-0.15, -0.1) is 11.3 Å². The van der Waals surface area contributed by atoms with Crippen LogP contribution in [0.2, 0.25) is 0 Å². The quantitative estimate of drug-likeness (QED) is 0.170. The van der Waals surface area contributed by atoms with Crippen molar-refractivity contribution in [3.05, 3.63) is 200 Å². The molecule has 2 nitrogen and oxygen atoms in total. The zero-order valence-corrected chi connectivity index (χ0v) is 30.6. The van der Waals surface area contributed by atoms with E-state index in [0.717, 1.165) is 50.1 Å². The zero-order chi connectivity index (χ0) is 36.3. The molecule has 0 saturated heterocycles. The van der Waals surface area contributed by atoms with E-state index < -0.39 is 0 Å². The molecule has 0 aliphatic heterocycles. The Balaban J connectivity index is 1.13. The molecule has 2 heterocycles. The second-order valence-corrected chi connectivity index (χ2v) is 15.1. The molecule has 0 saturated carbocycles. The van der Waals surface area contributed by atoms with Crippen molar-refractivity contribution >= 4 is 81.3 Å². The Morgan fingerprint density at radius 1 is 0.364 bits per heavy atom. The first-order valence-electron chi connectivity index (χ1n) is 18.7. The van der Waals surface area contributed by atoms with Crippen molar-refractivity contribution in [2.45, 2.75) is 0 Å². The fourth-order valence-corrected chi connectivity index (χ4v) is 9.42. The molecule has 0 aliphatic rings. The Labute approximate surface area is 322 Å². The highest BCUT2D eigenvalue weighted by atomic mass is 32.1. The molecule has 2 aromatic heterocycles. The lowest BCUT2D eigenvalue weighted by Crippen LogP contribution is -2.10. The van der Waals surface area contributed by atoms with E-state index in [1.165, 1.54) is 53.2 Å². The Kier molecular flexibility index (Phi) is 7.39. The number of furan rings is 1. The highest BCUT2D eigenvalue weighted by Gasteiger charge is 2.21. The topological polar surface area (TPSA) is 16.4 Å². The molecule has 11 aromatic rings. The van der Waals surface area contributed by atoms with Crippen LogP contribution < -0.4 is 4.90 Å². The Morgan fingerprint density at radius 2 is 0.982 bits per heavy atom. The summed E-state index contributed by atoms with van der Waals surface area (Å²) < 4.78 is 9.06. The van der Waals surface area contributed by atoms with Gasteiger partial charge in [-0.1, -0.05) is 152 Å². The zero-order valence-electron chi connectivity index (χ0n) is 29.8. The Morgan fingerprint density at radius 3 is 1.76 bits per heavy atom. The van der Waals surface area contributed by atoms with Crippen molar-refractivity contribution in [1.29, 1.82) is 0 Å². The van der Waals surface area contributed by atoms with Gasteiger partial charge in [0.25, 0.3) is 0 Å². The lowest BCUT2D eigenvalue weighted by Gasteiger charge is -2.28. The Hall–Kier alpha value is -6.94. The van der Waals surface area contributed by atoms with Crippen LogP contribution in [0.25, 0.3) is 86.3 Å². The maximum absolute atomic E-state index is 6.45. The number of hydrogen-bond donors (Lipinski definition) is 0. The van der Waals surface area contributed by atoms with Gasteiger partial charge in [0, 0.05) is 58.7 Å². The summed E-state index contributed by atoms with van der Waals surface area (Å²) in [5.74, 6) is 0. The van der Waals surface area contributed by atoms with E-state index in [-0.39, 0.29) is 0 Å². The first-order chi connectivity index (χ1) is 27.3. The molecule has 3 heteroatoms. The SMILES string of the molecule is c1ccc(-c2cccc(N(c3ccc(-c4cccc5c4oc4ccccc45)cc3)c3cc4c5cc(-c6ccccc6)ccc5sc4c4ccccc34)c2)cc1. The maximum atomic E-state index is 6.45. The second-order valence-electron chi connectivity index (χ2n) is 14.1. The number of fused-ring (bicyclic) bond motifs is 8. The molecule has 0 atom stereocenters. The fraction of sp³-hybridized carbons (Fsp3) is 0. The van der Waals surface area contributed by atoms with E-state index in [4.69, 9.17) is 4.42 Å². The first kappa shape index (κ1) is 31.6. The summed E-state index contributed by atoms with van der Waals surface area (Å²) in [6.45, 7) is 0. The first-order valence-corrected chi connectivity index (χ1v) is 19.5. The molecule has 0 bridgehead atoms. The molecule has 11 rings (SSSR count). The number of thiophene rings is 1. The van der Waals surface area contributed by atoms with E-state index >= 15 is 0 Å². The highest BCUT2D eigenvalue weighted by Crippen LogP contribution is 2.48. The van der Waals surface area contributed by atoms with E-state index in [2.05, 4.69) is 193 Å². The third-order valence-corrected chi connectivity index (χ3v) is 12.1. The molecule has 0 unspecified atom stereocenters. The van der Waals surface area contributed by atoms with Gasteiger partial charge in [0.05, 0.1) is 5.69 Å². The van der Waals surface area contributed by atoms with Gasteiger partial charge in [0.15, 0.2) is 0 Å². The molecule has 0 fully saturated rings. The normalized spacial score (nSPS) is 11.6. The summed E-state index contributed by atoms with van der Waals surface area (Å²) in [6, 6.07) is 72.2. The average molecular weight is 720 g/mol. The van der Waals surface area contributed by atoms with E-state index in [1.54, 1.807) is 0 Å². The van der Waals surface area contributed by atoms with Crippen molar-refractivity contribution < 1.29 is 4.42 Å². The average Bonchev–Trinajstić information content (AvgIpc) is 3.83. The molecule has 258 valence electrons. The number of nitrogens with zero attached hydrogens (tertiary/aromatic N) is 1. The molecule has 0 spiro atoms. The fourth-order valence-electron chi connectivity index (χ4n) is 8.22. The lowest BCUT2D eigenvalue weighted by molar-refractivity contribution is 0.670. The van der Waals surface area contributed by atoms with Gasteiger partial charge in [-0.3, -0.25) is 0 Å². The molecule has 0 radical (unpaired) electrons. The molecule has 0 amide bonds. The van der Waals surface area contributed by atoms with Gasteiger partial charge < -0.3 is 9.32 Å². The van der Waals surface area contributed by atoms with Crippen LogP contribution in [0.1, 0.15) is 0 Å². The van der Waals surface area contributed by atoms with Crippen LogP contribution in [0, 0.1) is 0 Å². The van der Waals surface area contributed by atoms with Crippen LogP contribution >= 0.6 is 11.3 Å². The minimum absolute atomic E-state index is 0.908.